The number of carbonyl (C=O) groups is 1. The van der Waals surface area contributed by atoms with Crippen molar-refractivity contribution in [2.24, 2.45) is 0 Å². The van der Waals surface area contributed by atoms with Gasteiger partial charge in [-0.05, 0) is 36.4 Å². The molecule has 1 saturated heterocycles. The fraction of sp³-hybridized carbons (Fsp3) is 0.286. The van der Waals surface area contributed by atoms with E-state index < -0.39 is 60.7 Å². The minimum atomic E-state index is -4.98. The second-order valence-electron chi connectivity index (χ2n) is 7.21. The number of halogens is 6. The lowest BCUT2D eigenvalue weighted by Crippen LogP contribution is -2.42. The van der Waals surface area contributed by atoms with E-state index in [-0.39, 0.29) is 17.0 Å². The molecule has 8 nitrogen and oxygen atoms in total. The van der Waals surface area contributed by atoms with E-state index in [9.17, 15) is 31.1 Å². The first kappa shape index (κ1) is 25.5. The highest BCUT2D eigenvalue weighted by Gasteiger charge is 2.51. The molecule has 2 atom stereocenters. The van der Waals surface area contributed by atoms with Crippen LogP contribution in [0, 0.1) is 22.7 Å². The fourth-order valence-electron chi connectivity index (χ4n) is 3.36. The average Bonchev–Trinajstić information content (AvgIpc) is 3.21. The third-order valence-electron chi connectivity index (χ3n) is 4.82. The molecule has 0 spiro atoms. The van der Waals surface area contributed by atoms with Gasteiger partial charge in [-0.1, -0.05) is 0 Å². The Balaban J connectivity index is 1.86. The zero-order valence-electron chi connectivity index (χ0n) is 17.3. The van der Waals surface area contributed by atoms with E-state index in [2.05, 4.69) is 0 Å². The van der Waals surface area contributed by atoms with Crippen LogP contribution >= 0.6 is 0 Å². The zero-order valence-corrected chi connectivity index (χ0v) is 17.3. The van der Waals surface area contributed by atoms with Gasteiger partial charge in [0, 0.05) is 5.69 Å². The normalized spacial score (nSPS) is 18.0. The fourth-order valence-corrected chi connectivity index (χ4v) is 3.36. The van der Waals surface area contributed by atoms with E-state index in [1.807, 2.05) is 5.32 Å². The maximum absolute atomic E-state index is 13.6. The quantitative estimate of drug-likeness (QED) is 0.571. The summed E-state index contributed by atoms with van der Waals surface area (Å²) in [4.78, 5) is 11.5. The number of amides is 1. The minimum Gasteiger partial charge on any atom is -0.489 e. The molecule has 184 valence electrons. The Morgan fingerprint density at radius 2 is 1.86 bits per heavy atom. The van der Waals surface area contributed by atoms with Crippen molar-refractivity contribution in [1.29, 1.82) is 10.5 Å². The number of benzene rings is 2. The molecule has 1 amide bonds. The van der Waals surface area contributed by atoms with Crippen LogP contribution in [0.5, 0.6) is 5.75 Å². The molecule has 3 rings (SSSR count). The molecule has 2 aromatic rings. The van der Waals surface area contributed by atoms with Crippen LogP contribution in [0.2, 0.25) is 0 Å². The zero-order chi connectivity index (χ0) is 26.0. The maximum Gasteiger partial charge on any atom is 0.433 e. The molecule has 1 aliphatic rings. The number of carboxylic acid groups (broad SMARTS) is 1. The summed E-state index contributed by atoms with van der Waals surface area (Å²) in [5, 5.41) is 28.8. The number of nitrogens with zero attached hydrogens (tertiary/aromatic N) is 3. The van der Waals surface area contributed by atoms with Gasteiger partial charge in [-0.15, -0.1) is 0 Å². The standard InChI is InChI=1S/C21H14F6N4O4/c22-20(23,24)15-6-13(3-2-12(15)8-29)31-9-14(35-18(31)21(25,26)27)10-34-17-4-1-11(7-28)5-16(17)30-19(32)33/h1-6,14,18,30H,9-10H2,(H,32,33). The molecule has 14 heteroatoms. The monoisotopic (exact) mass is 500 g/mol. The molecule has 0 aromatic heterocycles. The Kier molecular flexibility index (Phi) is 6.98. The first-order chi connectivity index (χ1) is 16.3. The van der Waals surface area contributed by atoms with Gasteiger partial charge in [-0.3, -0.25) is 5.32 Å². The van der Waals surface area contributed by atoms with Crippen LogP contribution in [0.1, 0.15) is 16.7 Å². The number of alkyl halides is 6. The van der Waals surface area contributed by atoms with Gasteiger partial charge in [-0.25, -0.2) is 4.79 Å². The van der Waals surface area contributed by atoms with Crippen molar-refractivity contribution >= 4 is 17.5 Å². The van der Waals surface area contributed by atoms with Gasteiger partial charge < -0.3 is 19.5 Å². The van der Waals surface area contributed by atoms with E-state index in [1.165, 1.54) is 18.2 Å². The van der Waals surface area contributed by atoms with Crippen molar-refractivity contribution in [1.82, 2.24) is 0 Å². The summed E-state index contributed by atoms with van der Waals surface area (Å²) in [6, 6.07) is 8.99. The van der Waals surface area contributed by atoms with Crippen molar-refractivity contribution in [2.75, 3.05) is 23.4 Å². The Morgan fingerprint density at radius 3 is 2.43 bits per heavy atom. The Bertz CT molecular complexity index is 1200. The molecule has 1 aliphatic heterocycles. The van der Waals surface area contributed by atoms with E-state index in [0.29, 0.717) is 11.0 Å². The summed E-state index contributed by atoms with van der Waals surface area (Å²) in [7, 11) is 0. The van der Waals surface area contributed by atoms with E-state index in [0.717, 1.165) is 18.2 Å². The summed E-state index contributed by atoms with van der Waals surface area (Å²) in [5.41, 5.74) is -2.65. The van der Waals surface area contributed by atoms with Gasteiger partial charge in [0.05, 0.1) is 41.1 Å². The smallest absolute Gasteiger partial charge is 0.433 e. The highest BCUT2D eigenvalue weighted by molar-refractivity contribution is 5.85. The average molecular weight is 500 g/mol. The Morgan fingerprint density at radius 1 is 1.14 bits per heavy atom. The molecular formula is C21H14F6N4O4. The molecule has 2 unspecified atom stereocenters. The molecule has 35 heavy (non-hydrogen) atoms. The summed E-state index contributed by atoms with van der Waals surface area (Å²) < 4.78 is 91.1. The van der Waals surface area contributed by atoms with E-state index in [4.69, 9.17) is 25.1 Å². The molecule has 0 bridgehead atoms. The molecular weight excluding hydrogens is 486 g/mol. The van der Waals surface area contributed by atoms with Crippen LogP contribution in [0.3, 0.4) is 0 Å². The predicted octanol–water partition coefficient (Wildman–Crippen LogP) is 4.71. The van der Waals surface area contributed by atoms with Gasteiger partial charge in [-0.2, -0.15) is 36.9 Å². The molecule has 1 heterocycles. The number of nitrogens with one attached hydrogen (secondary N) is 1. The molecule has 0 radical (unpaired) electrons. The summed E-state index contributed by atoms with van der Waals surface area (Å²) in [6.45, 7) is -1.04. The van der Waals surface area contributed by atoms with Crippen LogP contribution in [-0.2, 0) is 10.9 Å². The second-order valence-corrected chi connectivity index (χ2v) is 7.21. The largest absolute Gasteiger partial charge is 0.489 e. The molecule has 2 N–H and O–H groups in total. The van der Waals surface area contributed by atoms with Gasteiger partial charge >= 0.3 is 18.4 Å². The van der Waals surface area contributed by atoms with Gasteiger partial charge in [0.15, 0.2) is 0 Å². The topological polar surface area (TPSA) is 119 Å². The van der Waals surface area contributed by atoms with Crippen molar-refractivity contribution in [2.45, 2.75) is 24.7 Å². The van der Waals surface area contributed by atoms with E-state index in [1.54, 1.807) is 6.07 Å². The van der Waals surface area contributed by atoms with Crippen molar-refractivity contribution < 1.29 is 45.7 Å². The summed E-state index contributed by atoms with van der Waals surface area (Å²) in [6.07, 6.45) is -15.3. The SMILES string of the molecule is N#Cc1ccc(OCC2CN(c3ccc(C#N)c(C(F)(F)F)c3)C(C(F)(F)F)O2)c(NC(=O)O)c1. The number of hydrogen-bond acceptors (Lipinski definition) is 6. The third-order valence-corrected chi connectivity index (χ3v) is 4.82. The van der Waals surface area contributed by atoms with E-state index >= 15 is 0 Å². The van der Waals surface area contributed by atoms with Crippen molar-refractivity contribution in [3.8, 4) is 17.9 Å². The Labute approximate surface area is 193 Å². The number of hydrogen-bond donors (Lipinski definition) is 2. The van der Waals surface area contributed by atoms with Crippen LogP contribution in [-0.4, -0.2) is 42.9 Å². The lowest BCUT2D eigenvalue weighted by Gasteiger charge is -2.27. The molecule has 1 fully saturated rings. The van der Waals surface area contributed by atoms with Crippen LogP contribution < -0.4 is 15.0 Å². The maximum atomic E-state index is 13.6. The minimum absolute atomic E-state index is 0.0859. The number of nitriles is 2. The van der Waals surface area contributed by atoms with Crippen molar-refractivity contribution in [3.05, 3.63) is 53.1 Å². The van der Waals surface area contributed by atoms with Crippen LogP contribution in [0.25, 0.3) is 0 Å². The highest BCUT2D eigenvalue weighted by atomic mass is 19.4. The van der Waals surface area contributed by atoms with Gasteiger partial charge in [0.2, 0.25) is 6.23 Å². The summed E-state index contributed by atoms with van der Waals surface area (Å²) >= 11 is 0. The first-order valence-corrected chi connectivity index (χ1v) is 9.60. The highest BCUT2D eigenvalue weighted by Crippen LogP contribution is 2.39. The van der Waals surface area contributed by atoms with Crippen LogP contribution in [0.15, 0.2) is 36.4 Å². The van der Waals surface area contributed by atoms with Gasteiger partial charge in [0.1, 0.15) is 18.5 Å². The number of rotatable bonds is 5. The number of anilines is 2. The predicted molar refractivity (Wildman–Crippen MR) is 107 cm³/mol. The van der Waals surface area contributed by atoms with Crippen LogP contribution in [0.4, 0.5) is 42.5 Å². The Hall–Kier alpha value is -4.17. The second kappa shape index (κ2) is 9.60. The molecule has 0 saturated carbocycles. The first-order valence-electron chi connectivity index (χ1n) is 9.60. The van der Waals surface area contributed by atoms with Crippen molar-refractivity contribution in [3.63, 3.8) is 0 Å². The summed E-state index contributed by atoms with van der Waals surface area (Å²) in [5.74, 6) is -0.102. The molecule has 0 aliphatic carbocycles. The lowest BCUT2D eigenvalue weighted by atomic mass is 10.1. The third kappa shape index (κ3) is 5.85. The number of ether oxygens (including phenoxy) is 2. The lowest BCUT2D eigenvalue weighted by molar-refractivity contribution is -0.215. The van der Waals surface area contributed by atoms with Gasteiger partial charge in [0.25, 0.3) is 0 Å². The molecule has 2 aromatic carbocycles.